The Morgan fingerprint density at radius 3 is 2.47 bits per heavy atom. The smallest absolute Gasteiger partial charge is 0.329 e. The molecule has 32 heavy (non-hydrogen) atoms. The number of hydrogen-bond donors (Lipinski definition) is 2. The van der Waals surface area contributed by atoms with E-state index in [0.717, 1.165) is 32.9 Å². The van der Waals surface area contributed by atoms with E-state index in [1.807, 2.05) is 45.0 Å². The fourth-order valence-corrected chi connectivity index (χ4v) is 3.45. The van der Waals surface area contributed by atoms with Gasteiger partial charge >= 0.3 is 6.03 Å². The van der Waals surface area contributed by atoms with Crippen molar-refractivity contribution in [3.63, 3.8) is 0 Å². The third kappa shape index (κ3) is 5.17. The Bertz CT molecular complexity index is 1070. The fourth-order valence-electron chi connectivity index (χ4n) is 3.45. The molecule has 0 spiro atoms. The number of nitrogens with zero attached hydrogens (tertiary/aromatic N) is 1. The highest BCUT2D eigenvalue weighted by Crippen LogP contribution is 2.31. The minimum Gasteiger partial charge on any atom is -0.494 e. The Hall–Kier alpha value is -3.61. The number of amides is 4. The number of aryl methyl sites for hydroxylation is 2. The van der Waals surface area contributed by atoms with E-state index >= 15 is 0 Å². The Morgan fingerprint density at radius 2 is 1.84 bits per heavy atom. The zero-order valence-corrected chi connectivity index (χ0v) is 19.1. The zero-order valence-electron chi connectivity index (χ0n) is 19.1. The Balaban J connectivity index is 1.78. The van der Waals surface area contributed by atoms with Crippen LogP contribution in [0.2, 0.25) is 0 Å². The van der Waals surface area contributed by atoms with Crippen molar-refractivity contribution in [2.45, 2.75) is 40.5 Å². The quantitative estimate of drug-likeness (QED) is 0.500. The number of urea groups is 1. The molecule has 3 rings (SSSR count). The lowest BCUT2D eigenvalue weighted by Gasteiger charge is -2.16. The molecule has 0 saturated carbocycles. The maximum Gasteiger partial charge on any atom is 0.329 e. The second-order valence-corrected chi connectivity index (χ2v) is 8.13. The molecule has 2 aromatic carbocycles. The molecular formula is C25H29N3O4. The van der Waals surface area contributed by atoms with Crippen LogP contribution >= 0.6 is 0 Å². The van der Waals surface area contributed by atoms with Crippen LogP contribution in [-0.4, -0.2) is 35.9 Å². The highest BCUT2D eigenvalue weighted by molar-refractivity contribution is 6.16. The molecule has 2 aromatic rings. The predicted octanol–water partition coefficient (Wildman–Crippen LogP) is 4.36. The van der Waals surface area contributed by atoms with Crippen LogP contribution in [0.3, 0.4) is 0 Å². The van der Waals surface area contributed by atoms with Crippen LogP contribution in [0.4, 0.5) is 10.5 Å². The number of benzene rings is 2. The van der Waals surface area contributed by atoms with Crippen LogP contribution in [0.15, 0.2) is 42.1 Å². The number of nitrogens with one attached hydrogen (secondary N) is 2. The lowest BCUT2D eigenvalue weighted by molar-refractivity contribution is -0.127. The average Bonchev–Trinajstić information content (AvgIpc) is 2.99. The largest absolute Gasteiger partial charge is 0.494 e. The predicted molar refractivity (Wildman–Crippen MR) is 124 cm³/mol. The maximum absolute atomic E-state index is 12.8. The Kier molecular flexibility index (Phi) is 6.98. The van der Waals surface area contributed by atoms with E-state index in [1.54, 1.807) is 18.2 Å². The number of hydrogen-bond acceptors (Lipinski definition) is 4. The van der Waals surface area contributed by atoms with Gasteiger partial charge in [0.1, 0.15) is 18.0 Å². The molecule has 0 radical (unpaired) electrons. The molecule has 7 heteroatoms. The third-order valence-corrected chi connectivity index (χ3v) is 5.22. The molecule has 1 heterocycles. The second-order valence-electron chi connectivity index (χ2n) is 8.13. The van der Waals surface area contributed by atoms with E-state index in [1.165, 1.54) is 0 Å². The van der Waals surface area contributed by atoms with Gasteiger partial charge in [-0.2, -0.15) is 0 Å². The summed E-state index contributed by atoms with van der Waals surface area (Å²) in [6.45, 7) is 10.1. The number of ether oxygens (including phenoxy) is 1. The Labute approximate surface area is 188 Å². The van der Waals surface area contributed by atoms with Crippen molar-refractivity contribution in [2.24, 2.45) is 0 Å². The number of carbonyl (C=O) groups is 3. The number of imide groups is 1. The summed E-state index contributed by atoms with van der Waals surface area (Å²) < 4.78 is 5.75. The lowest BCUT2D eigenvalue weighted by atomic mass is 9.96. The molecule has 1 fully saturated rings. The normalized spacial score (nSPS) is 14.8. The summed E-state index contributed by atoms with van der Waals surface area (Å²) >= 11 is 0. The SMILES string of the molecule is CCOc1cc(C)c(C=C2NC(=O)N(CC(=O)Nc3ccc(C)cc3)C2=O)cc1C(C)C. The van der Waals surface area contributed by atoms with Gasteiger partial charge in [-0.05, 0) is 73.7 Å². The van der Waals surface area contributed by atoms with Gasteiger partial charge in [0.25, 0.3) is 5.91 Å². The first kappa shape index (κ1) is 23.1. The van der Waals surface area contributed by atoms with Crippen molar-refractivity contribution in [1.82, 2.24) is 10.2 Å². The number of carbonyl (C=O) groups excluding carboxylic acids is 3. The van der Waals surface area contributed by atoms with E-state index in [4.69, 9.17) is 4.74 Å². The fraction of sp³-hybridized carbons (Fsp3) is 0.320. The molecule has 1 aliphatic heterocycles. The van der Waals surface area contributed by atoms with Gasteiger partial charge in [0.05, 0.1) is 6.61 Å². The summed E-state index contributed by atoms with van der Waals surface area (Å²) in [5.74, 6) is 0.0647. The van der Waals surface area contributed by atoms with E-state index in [2.05, 4.69) is 24.5 Å². The van der Waals surface area contributed by atoms with Gasteiger partial charge in [0.2, 0.25) is 5.91 Å². The van der Waals surface area contributed by atoms with Gasteiger partial charge in [0.15, 0.2) is 0 Å². The van der Waals surface area contributed by atoms with E-state index in [0.29, 0.717) is 12.3 Å². The summed E-state index contributed by atoms with van der Waals surface area (Å²) in [6.07, 6.45) is 1.65. The molecule has 1 aliphatic rings. The standard InChI is InChI=1S/C25H29N3O4/c1-6-32-22-11-17(5)18(12-20(22)15(2)3)13-21-24(30)28(25(31)27-21)14-23(29)26-19-9-7-16(4)8-10-19/h7-13,15H,6,14H2,1-5H3,(H,26,29)(H,27,31). The van der Waals surface area contributed by atoms with Gasteiger partial charge in [-0.25, -0.2) is 9.69 Å². The average molecular weight is 436 g/mol. The number of anilines is 1. The van der Waals surface area contributed by atoms with Crippen LogP contribution in [0, 0.1) is 13.8 Å². The summed E-state index contributed by atoms with van der Waals surface area (Å²) in [4.78, 5) is 38.5. The second kappa shape index (κ2) is 9.68. The van der Waals surface area contributed by atoms with Crippen LogP contribution in [0.1, 0.15) is 48.9 Å². The number of rotatable bonds is 7. The molecule has 7 nitrogen and oxygen atoms in total. The highest BCUT2D eigenvalue weighted by atomic mass is 16.5. The minimum atomic E-state index is -0.618. The molecule has 0 unspecified atom stereocenters. The van der Waals surface area contributed by atoms with Crippen molar-refractivity contribution >= 4 is 29.6 Å². The van der Waals surface area contributed by atoms with E-state index in [-0.39, 0.29) is 18.2 Å². The molecule has 168 valence electrons. The summed E-state index contributed by atoms with van der Waals surface area (Å²) in [5.41, 5.74) is 4.57. The van der Waals surface area contributed by atoms with Gasteiger partial charge in [0, 0.05) is 5.69 Å². The Morgan fingerprint density at radius 1 is 1.16 bits per heavy atom. The monoisotopic (exact) mass is 435 g/mol. The van der Waals surface area contributed by atoms with Crippen molar-refractivity contribution in [3.05, 3.63) is 64.3 Å². The molecular weight excluding hydrogens is 406 g/mol. The van der Waals surface area contributed by atoms with Crippen LogP contribution in [0.25, 0.3) is 6.08 Å². The highest BCUT2D eigenvalue weighted by Gasteiger charge is 2.35. The molecule has 4 amide bonds. The topological polar surface area (TPSA) is 87.7 Å². The molecule has 0 aromatic heterocycles. The van der Waals surface area contributed by atoms with Gasteiger partial charge < -0.3 is 15.4 Å². The van der Waals surface area contributed by atoms with E-state index < -0.39 is 17.8 Å². The first-order valence-electron chi connectivity index (χ1n) is 10.7. The van der Waals surface area contributed by atoms with Gasteiger partial charge in [-0.1, -0.05) is 31.5 Å². The minimum absolute atomic E-state index is 0.139. The van der Waals surface area contributed by atoms with E-state index in [9.17, 15) is 14.4 Å². The van der Waals surface area contributed by atoms with Crippen molar-refractivity contribution in [3.8, 4) is 5.75 Å². The van der Waals surface area contributed by atoms with Crippen LogP contribution in [0.5, 0.6) is 5.75 Å². The van der Waals surface area contributed by atoms with Gasteiger partial charge in [-0.3, -0.25) is 9.59 Å². The van der Waals surface area contributed by atoms with Crippen LogP contribution < -0.4 is 15.4 Å². The first-order valence-corrected chi connectivity index (χ1v) is 10.7. The summed E-state index contributed by atoms with van der Waals surface area (Å²) in [5, 5.41) is 5.28. The maximum atomic E-state index is 12.8. The molecule has 0 aliphatic carbocycles. The molecule has 1 saturated heterocycles. The third-order valence-electron chi connectivity index (χ3n) is 5.22. The van der Waals surface area contributed by atoms with Crippen molar-refractivity contribution < 1.29 is 19.1 Å². The molecule has 0 atom stereocenters. The van der Waals surface area contributed by atoms with Gasteiger partial charge in [-0.15, -0.1) is 0 Å². The lowest BCUT2D eigenvalue weighted by Crippen LogP contribution is -2.38. The van der Waals surface area contributed by atoms with Crippen LogP contribution in [-0.2, 0) is 9.59 Å². The summed E-state index contributed by atoms with van der Waals surface area (Å²) in [6, 6.07) is 10.6. The van der Waals surface area contributed by atoms with Crippen molar-refractivity contribution in [1.29, 1.82) is 0 Å². The zero-order chi connectivity index (χ0) is 23.4. The first-order chi connectivity index (χ1) is 15.2. The molecule has 2 N–H and O–H groups in total. The summed E-state index contributed by atoms with van der Waals surface area (Å²) in [7, 11) is 0. The van der Waals surface area contributed by atoms with Crippen molar-refractivity contribution in [2.75, 3.05) is 18.5 Å². The molecule has 0 bridgehead atoms.